The smallest absolute Gasteiger partial charge is 0.191 e. The Kier molecular flexibility index (Phi) is 1.29. The molecule has 1 saturated heterocycles. The second kappa shape index (κ2) is 1.82. The van der Waals surface area contributed by atoms with Crippen molar-refractivity contribution in [2.24, 2.45) is 0 Å². The zero-order valence-electron chi connectivity index (χ0n) is 4.68. The Balaban J connectivity index is 2.71. The number of carbonyl (C=O) groups is 1. The van der Waals surface area contributed by atoms with Gasteiger partial charge in [0.2, 0.25) is 0 Å². The van der Waals surface area contributed by atoms with E-state index in [1.807, 2.05) is 7.05 Å². The fourth-order valence-electron chi connectivity index (χ4n) is 0.691. The van der Waals surface area contributed by atoms with Gasteiger partial charge in [0.15, 0.2) is 5.78 Å². The van der Waals surface area contributed by atoms with Crippen LogP contribution in [0.5, 0.6) is 0 Å². The van der Waals surface area contributed by atoms with E-state index in [0.717, 1.165) is 6.54 Å². The number of ketones is 1. The lowest BCUT2D eigenvalue weighted by Crippen LogP contribution is -2.20. The molecule has 0 bridgehead atoms. The molecule has 0 aromatic heterocycles. The van der Waals surface area contributed by atoms with Crippen LogP contribution in [0.4, 0.5) is 0 Å². The van der Waals surface area contributed by atoms with Crippen molar-refractivity contribution in [3.63, 3.8) is 0 Å². The largest absolute Gasteiger partial charge is 0.362 e. The van der Waals surface area contributed by atoms with Crippen LogP contribution in [0.15, 0.2) is 0 Å². The Morgan fingerprint density at radius 2 is 2.38 bits per heavy atom. The number of rotatable bonds is 0. The molecule has 0 radical (unpaired) electrons. The Bertz CT molecular complexity index is 143. The highest BCUT2D eigenvalue weighted by molar-refractivity contribution is 7.82. The zero-order chi connectivity index (χ0) is 6.15. The standard InChI is InChI=1S/C5H7NOS/c1-6-3-2-4(7)5(6)8/h2-3H2,1H3. The topological polar surface area (TPSA) is 20.3 Å². The van der Waals surface area contributed by atoms with Gasteiger partial charge in [-0.2, -0.15) is 0 Å². The summed E-state index contributed by atoms with van der Waals surface area (Å²) in [5.74, 6) is 0.113. The van der Waals surface area contributed by atoms with Crippen molar-refractivity contribution >= 4 is 23.0 Å². The molecule has 0 N–H and O–H groups in total. The molecule has 0 atom stereocenters. The van der Waals surface area contributed by atoms with Crippen LogP contribution in [-0.4, -0.2) is 29.3 Å². The van der Waals surface area contributed by atoms with Crippen molar-refractivity contribution in [1.82, 2.24) is 4.90 Å². The fraction of sp³-hybridized carbons (Fsp3) is 0.600. The molecule has 0 aromatic carbocycles. The van der Waals surface area contributed by atoms with E-state index in [0.29, 0.717) is 11.4 Å². The summed E-state index contributed by atoms with van der Waals surface area (Å²) in [6.07, 6.45) is 0.606. The number of hydrogen-bond donors (Lipinski definition) is 0. The third-order valence-electron chi connectivity index (χ3n) is 1.26. The first-order valence-corrected chi connectivity index (χ1v) is 2.91. The van der Waals surface area contributed by atoms with Gasteiger partial charge < -0.3 is 4.90 Å². The van der Waals surface area contributed by atoms with Crippen LogP contribution in [0.3, 0.4) is 0 Å². The number of likely N-dealkylation sites (N-methyl/N-ethyl adjacent to an activating group) is 1. The second-order valence-electron chi connectivity index (χ2n) is 1.90. The highest BCUT2D eigenvalue weighted by Gasteiger charge is 2.20. The quantitative estimate of drug-likeness (QED) is 0.436. The normalized spacial score (nSPS) is 20.4. The minimum Gasteiger partial charge on any atom is -0.362 e. The van der Waals surface area contributed by atoms with Gasteiger partial charge in [0, 0.05) is 20.0 Å². The molecule has 0 spiro atoms. The predicted octanol–water partition coefficient (Wildman–Crippen LogP) is 0.218. The van der Waals surface area contributed by atoms with E-state index in [9.17, 15) is 4.79 Å². The molecule has 0 aliphatic carbocycles. The summed E-state index contributed by atoms with van der Waals surface area (Å²) in [5, 5.41) is 0. The molecule has 1 fully saturated rings. The number of carbonyl (C=O) groups excluding carboxylic acids is 1. The van der Waals surface area contributed by atoms with Crippen LogP contribution in [0.1, 0.15) is 6.42 Å². The minimum absolute atomic E-state index is 0.113. The van der Waals surface area contributed by atoms with Gasteiger partial charge in [0.05, 0.1) is 0 Å². The van der Waals surface area contributed by atoms with E-state index < -0.39 is 0 Å². The Morgan fingerprint density at radius 3 is 2.50 bits per heavy atom. The highest BCUT2D eigenvalue weighted by Crippen LogP contribution is 2.03. The van der Waals surface area contributed by atoms with Crippen LogP contribution < -0.4 is 0 Å². The summed E-state index contributed by atoms with van der Waals surface area (Å²) in [5.41, 5.74) is 0. The predicted molar refractivity (Wildman–Crippen MR) is 34.9 cm³/mol. The average Bonchev–Trinajstić information content (AvgIpc) is 1.98. The van der Waals surface area contributed by atoms with Crippen LogP contribution >= 0.6 is 12.2 Å². The summed E-state index contributed by atoms with van der Waals surface area (Å²) in [6, 6.07) is 0. The maximum atomic E-state index is 10.6. The summed E-state index contributed by atoms with van der Waals surface area (Å²) >= 11 is 4.74. The zero-order valence-corrected chi connectivity index (χ0v) is 5.49. The maximum absolute atomic E-state index is 10.6. The van der Waals surface area contributed by atoms with Crippen molar-refractivity contribution < 1.29 is 4.79 Å². The van der Waals surface area contributed by atoms with Crippen LogP contribution in [0, 0.1) is 0 Å². The lowest BCUT2D eigenvalue weighted by atomic mass is 10.4. The van der Waals surface area contributed by atoms with Gasteiger partial charge in [-0.05, 0) is 0 Å². The van der Waals surface area contributed by atoms with E-state index in [2.05, 4.69) is 0 Å². The van der Waals surface area contributed by atoms with Crippen molar-refractivity contribution in [2.45, 2.75) is 6.42 Å². The van der Waals surface area contributed by atoms with Gasteiger partial charge in [-0.15, -0.1) is 0 Å². The molecule has 8 heavy (non-hydrogen) atoms. The lowest BCUT2D eigenvalue weighted by Gasteiger charge is -2.05. The molecule has 1 aliphatic heterocycles. The van der Waals surface area contributed by atoms with Crippen LogP contribution in [-0.2, 0) is 4.79 Å². The van der Waals surface area contributed by atoms with E-state index >= 15 is 0 Å². The molecule has 0 unspecified atom stereocenters. The third-order valence-corrected chi connectivity index (χ3v) is 1.80. The Morgan fingerprint density at radius 1 is 1.75 bits per heavy atom. The molecule has 1 heterocycles. The fourth-order valence-corrected chi connectivity index (χ4v) is 0.884. The highest BCUT2D eigenvalue weighted by atomic mass is 32.1. The van der Waals surface area contributed by atoms with Gasteiger partial charge in [-0.25, -0.2) is 0 Å². The number of Topliss-reactive ketones (excluding diaryl/α,β-unsaturated/α-hetero) is 1. The number of thiocarbonyl (C=S) groups is 1. The first-order valence-electron chi connectivity index (χ1n) is 2.50. The summed E-state index contributed by atoms with van der Waals surface area (Å²) in [7, 11) is 1.84. The maximum Gasteiger partial charge on any atom is 0.191 e. The van der Waals surface area contributed by atoms with Crippen LogP contribution in [0.25, 0.3) is 0 Å². The van der Waals surface area contributed by atoms with Crippen molar-refractivity contribution in [3.05, 3.63) is 0 Å². The summed E-state index contributed by atoms with van der Waals surface area (Å²) < 4.78 is 0. The summed E-state index contributed by atoms with van der Waals surface area (Å²) in [4.78, 5) is 12.9. The Hall–Kier alpha value is -0.440. The van der Waals surface area contributed by atoms with E-state index in [-0.39, 0.29) is 5.78 Å². The number of likely N-dealkylation sites (tertiary alicyclic amines) is 1. The van der Waals surface area contributed by atoms with Gasteiger partial charge in [-0.1, -0.05) is 12.2 Å². The van der Waals surface area contributed by atoms with Gasteiger partial charge >= 0.3 is 0 Å². The van der Waals surface area contributed by atoms with Crippen molar-refractivity contribution in [2.75, 3.05) is 13.6 Å². The monoisotopic (exact) mass is 129 g/mol. The molecular formula is C5H7NOS. The van der Waals surface area contributed by atoms with Crippen molar-refractivity contribution in [1.29, 1.82) is 0 Å². The molecule has 0 aromatic rings. The lowest BCUT2D eigenvalue weighted by molar-refractivity contribution is -0.112. The molecule has 1 rings (SSSR count). The molecule has 2 nitrogen and oxygen atoms in total. The van der Waals surface area contributed by atoms with Gasteiger partial charge in [-0.3, -0.25) is 4.79 Å². The van der Waals surface area contributed by atoms with E-state index in [1.165, 1.54) is 0 Å². The van der Waals surface area contributed by atoms with Crippen LogP contribution in [0.2, 0.25) is 0 Å². The van der Waals surface area contributed by atoms with Gasteiger partial charge in [0.1, 0.15) is 4.99 Å². The third kappa shape index (κ3) is 0.733. The first-order chi connectivity index (χ1) is 3.72. The molecular weight excluding hydrogens is 122 g/mol. The molecule has 3 heteroatoms. The second-order valence-corrected chi connectivity index (χ2v) is 2.29. The number of hydrogen-bond acceptors (Lipinski definition) is 2. The molecule has 44 valence electrons. The van der Waals surface area contributed by atoms with Crippen molar-refractivity contribution in [3.8, 4) is 0 Å². The molecule has 0 saturated carbocycles. The van der Waals surface area contributed by atoms with E-state index in [4.69, 9.17) is 12.2 Å². The van der Waals surface area contributed by atoms with E-state index in [1.54, 1.807) is 4.90 Å². The molecule has 1 aliphatic rings. The minimum atomic E-state index is 0.113. The molecule has 0 amide bonds. The van der Waals surface area contributed by atoms with Gasteiger partial charge in [0.25, 0.3) is 0 Å². The number of nitrogens with zero attached hydrogens (tertiary/aromatic N) is 1. The Labute approximate surface area is 53.5 Å². The SMILES string of the molecule is CN1CCC(=O)C1=S. The average molecular weight is 129 g/mol. The first kappa shape index (κ1) is 5.69. The summed E-state index contributed by atoms with van der Waals surface area (Å²) in [6.45, 7) is 0.803.